The Labute approximate surface area is 163 Å². The maximum Gasteiger partial charge on any atom is 0.251 e. The number of hydrogen-bond acceptors (Lipinski definition) is 4. The van der Waals surface area contributed by atoms with Gasteiger partial charge in [0.25, 0.3) is 5.91 Å². The first-order chi connectivity index (χ1) is 12.1. The molecule has 1 saturated heterocycles. The number of nitrogens with one attached hydrogen (secondary N) is 2. The Balaban J connectivity index is 2.33. The molecule has 1 amide bonds. The summed E-state index contributed by atoms with van der Waals surface area (Å²) in [4.78, 5) is 13.1. The lowest BCUT2D eigenvalue weighted by Crippen LogP contribution is -2.62. The number of hydrogen-bond donors (Lipinski definition) is 2. The second-order valence-corrected chi connectivity index (χ2v) is 11.3. The van der Waals surface area contributed by atoms with Crippen LogP contribution in [0.25, 0.3) is 0 Å². The third-order valence-electron chi connectivity index (χ3n) is 5.17. The summed E-state index contributed by atoms with van der Waals surface area (Å²) in [5, 5.41) is 6.71. The van der Waals surface area contributed by atoms with Crippen LogP contribution in [0.1, 0.15) is 62.0 Å². The van der Waals surface area contributed by atoms with Gasteiger partial charge in [0.05, 0.1) is 4.90 Å². The van der Waals surface area contributed by atoms with E-state index in [0.717, 1.165) is 18.4 Å². The molecule has 0 radical (unpaired) electrons. The van der Waals surface area contributed by atoms with Crippen LogP contribution in [0.4, 0.5) is 0 Å². The predicted molar refractivity (Wildman–Crippen MR) is 109 cm³/mol. The van der Waals surface area contributed by atoms with E-state index in [0.29, 0.717) is 11.1 Å². The van der Waals surface area contributed by atoms with Gasteiger partial charge in [-0.3, -0.25) is 4.79 Å². The zero-order valence-electron chi connectivity index (χ0n) is 17.7. The number of benzene rings is 1. The maximum absolute atomic E-state index is 12.9. The zero-order valence-corrected chi connectivity index (χ0v) is 18.5. The second kappa shape index (κ2) is 7.18. The molecule has 0 aromatic heterocycles. The number of sulfonamides is 1. The van der Waals surface area contributed by atoms with Gasteiger partial charge in [-0.2, -0.15) is 0 Å². The van der Waals surface area contributed by atoms with Gasteiger partial charge in [0.15, 0.2) is 0 Å². The van der Waals surface area contributed by atoms with E-state index in [1.165, 1.54) is 24.5 Å². The largest absolute Gasteiger partial charge is 0.349 e. The lowest BCUT2D eigenvalue weighted by molar-refractivity contribution is 0.0873. The van der Waals surface area contributed by atoms with E-state index >= 15 is 0 Å². The third-order valence-corrected chi connectivity index (χ3v) is 7.11. The fraction of sp³-hybridized carbons (Fsp3) is 0.650. The van der Waals surface area contributed by atoms with Gasteiger partial charge >= 0.3 is 0 Å². The van der Waals surface area contributed by atoms with Gasteiger partial charge < -0.3 is 10.6 Å². The van der Waals surface area contributed by atoms with Crippen molar-refractivity contribution in [1.82, 2.24) is 14.9 Å². The number of rotatable bonds is 4. The monoisotopic (exact) mass is 395 g/mol. The molecule has 2 N–H and O–H groups in total. The summed E-state index contributed by atoms with van der Waals surface area (Å²) in [6.07, 6.45) is 1.63. The molecule has 1 heterocycles. The van der Waals surface area contributed by atoms with Crippen LogP contribution < -0.4 is 10.6 Å². The van der Waals surface area contributed by atoms with E-state index in [1.807, 2.05) is 6.92 Å². The van der Waals surface area contributed by atoms with Gasteiger partial charge in [-0.1, -0.05) is 0 Å². The molecule has 152 valence electrons. The minimum Gasteiger partial charge on any atom is -0.349 e. The highest BCUT2D eigenvalue weighted by molar-refractivity contribution is 7.89. The molecule has 1 aromatic carbocycles. The number of piperidine rings is 1. The summed E-state index contributed by atoms with van der Waals surface area (Å²) in [6.45, 7) is 12.1. The predicted octanol–water partition coefficient (Wildman–Crippen LogP) is 2.59. The van der Waals surface area contributed by atoms with Crippen molar-refractivity contribution in [2.75, 3.05) is 14.1 Å². The van der Waals surface area contributed by atoms with E-state index in [4.69, 9.17) is 0 Å². The Kier molecular flexibility index (Phi) is 5.82. The Hall–Kier alpha value is -1.44. The highest BCUT2D eigenvalue weighted by Crippen LogP contribution is 2.29. The standard InChI is InChI=1S/C20H33N3O3S/c1-13-9-15(10-17(14(13)2)27(25,26)23(7)8)18(24)21-16-11-19(3,4)22-20(5,6)12-16/h9-10,16,22H,11-12H2,1-8H3,(H,21,24). The first-order valence-corrected chi connectivity index (χ1v) is 10.7. The lowest BCUT2D eigenvalue weighted by Gasteiger charge is -2.46. The van der Waals surface area contributed by atoms with E-state index in [-0.39, 0.29) is 27.9 Å². The van der Waals surface area contributed by atoms with Crippen molar-refractivity contribution in [3.63, 3.8) is 0 Å². The van der Waals surface area contributed by atoms with Crippen LogP contribution in [0.15, 0.2) is 17.0 Å². The number of carbonyl (C=O) groups excluding carboxylic acids is 1. The Morgan fingerprint density at radius 1 is 1.11 bits per heavy atom. The van der Waals surface area contributed by atoms with E-state index in [9.17, 15) is 13.2 Å². The molecule has 0 atom stereocenters. The molecule has 0 spiro atoms. The smallest absolute Gasteiger partial charge is 0.251 e. The third kappa shape index (κ3) is 4.89. The van der Waals surface area contributed by atoms with Gasteiger partial charge in [0.1, 0.15) is 0 Å². The SMILES string of the molecule is Cc1cc(C(=O)NC2CC(C)(C)NC(C)(C)C2)cc(S(=O)(=O)N(C)C)c1C. The van der Waals surface area contributed by atoms with E-state index in [1.54, 1.807) is 13.0 Å². The van der Waals surface area contributed by atoms with Crippen molar-refractivity contribution in [3.05, 3.63) is 28.8 Å². The molecule has 0 unspecified atom stereocenters. The molecule has 1 aromatic rings. The first kappa shape index (κ1) is 21.9. The van der Waals surface area contributed by atoms with Crippen LogP contribution in [-0.2, 0) is 10.0 Å². The fourth-order valence-corrected chi connectivity index (χ4v) is 5.33. The summed E-state index contributed by atoms with van der Waals surface area (Å²) in [5.74, 6) is -0.230. The molecule has 27 heavy (non-hydrogen) atoms. The molecule has 2 rings (SSSR count). The molecule has 6 nitrogen and oxygen atoms in total. The van der Waals surface area contributed by atoms with Crippen LogP contribution in [0.5, 0.6) is 0 Å². The molecular formula is C20H33N3O3S. The van der Waals surface area contributed by atoms with Gasteiger partial charge in [0, 0.05) is 36.8 Å². The topological polar surface area (TPSA) is 78.5 Å². The van der Waals surface area contributed by atoms with Crippen molar-refractivity contribution in [1.29, 1.82) is 0 Å². The van der Waals surface area contributed by atoms with Gasteiger partial charge in [-0.05, 0) is 77.6 Å². The van der Waals surface area contributed by atoms with Gasteiger partial charge in [-0.15, -0.1) is 0 Å². The summed E-state index contributed by atoms with van der Waals surface area (Å²) >= 11 is 0. The van der Waals surface area contributed by atoms with Crippen molar-refractivity contribution >= 4 is 15.9 Å². The number of aryl methyl sites for hydroxylation is 1. The highest BCUT2D eigenvalue weighted by Gasteiger charge is 2.38. The summed E-state index contributed by atoms with van der Waals surface area (Å²) < 4.78 is 26.4. The highest BCUT2D eigenvalue weighted by atomic mass is 32.2. The zero-order chi connectivity index (χ0) is 20.8. The van der Waals surface area contributed by atoms with Crippen molar-refractivity contribution in [3.8, 4) is 0 Å². The van der Waals surface area contributed by atoms with Crippen LogP contribution >= 0.6 is 0 Å². The van der Waals surface area contributed by atoms with Crippen molar-refractivity contribution in [2.45, 2.75) is 76.4 Å². The minimum atomic E-state index is -3.61. The average Bonchev–Trinajstić information content (AvgIpc) is 2.45. The normalized spacial score (nSPS) is 19.9. The minimum absolute atomic E-state index is 0.0271. The van der Waals surface area contributed by atoms with Crippen LogP contribution in [0.3, 0.4) is 0 Å². The Morgan fingerprint density at radius 2 is 1.63 bits per heavy atom. The van der Waals surface area contributed by atoms with Crippen molar-refractivity contribution in [2.24, 2.45) is 0 Å². The fourth-order valence-electron chi connectivity index (χ4n) is 4.12. The molecule has 1 fully saturated rings. The van der Waals surface area contributed by atoms with Crippen LogP contribution in [0.2, 0.25) is 0 Å². The number of carbonyl (C=O) groups is 1. The summed E-state index contributed by atoms with van der Waals surface area (Å²) in [7, 11) is -0.621. The first-order valence-electron chi connectivity index (χ1n) is 9.29. The average molecular weight is 396 g/mol. The second-order valence-electron chi connectivity index (χ2n) is 9.18. The number of nitrogens with zero attached hydrogens (tertiary/aromatic N) is 1. The van der Waals surface area contributed by atoms with E-state index in [2.05, 4.69) is 38.3 Å². The van der Waals surface area contributed by atoms with Crippen LogP contribution in [0, 0.1) is 13.8 Å². The molecular weight excluding hydrogens is 362 g/mol. The van der Waals surface area contributed by atoms with Crippen molar-refractivity contribution < 1.29 is 13.2 Å². The molecule has 0 saturated carbocycles. The molecule has 0 aliphatic carbocycles. The van der Waals surface area contributed by atoms with Crippen LogP contribution in [-0.4, -0.2) is 49.8 Å². The molecule has 1 aliphatic rings. The maximum atomic E-state index is 12.9. The Bertz CT molecular complexity index is 826. The summed E-state index contributed by atoms with van der Waals surface area (Å²) in [6, 6.07) is 3.28. The molecule has 0 bridgehead atoms. The lowest BCUT2D eigenvalue weighted by atomic mass is 9.79. The van der Waals surface area contributed by atoms with Gasteiger partial charge in [-0.25, -0.2) is 12.7 Å². The van der Waals surface area contributed by atoms with E-state index < -0.39 is 10.0 Å². The quantitative estimate of drug-likeness (QED) is 0.821. The summed E-state index contributed by atoms with van der Waals surface area (Å²) in [5.41, 5.74) is 1.68. The molecule has 7 heteroatoms. The van der Waals surface area contributed by atoms with Gasteiger partial charge in [0.2, 0.25) is 10.0 Å². The molecule has 1 aliphatic heterocycles. The Morgan fingerprint density at radius 3 is 2.11 bits per heavy atom. The number of amides is 1.